The first kappa shape index (κ1) is 20.8. The van der Waals surface area contributed by atoms with Gasteiger partial charge in [0.25, 0.3) is 5.91 Å². The molecule has 0 N–H and O–H groups in total. The quantitative estimate of drug-likeness (QED) is 0.553. The Bertz CT molecular complexity index is 1190. The highest BCUT2D eigenvalue weighted by molar-refractivity contribution is 6.32. The average Bonchev–Trinajstić information content (AvgIpc) is 2.71. The molecule has 2 heterocycles. The molecule has 156 valence electrons. The number of hydrogen-bond donors (Lipinski definition) is 0. The van der Waals surface area contributed by atoms with Gasteiger partial charge in [0.2, 0.25) is 0 Å². The van der Waals surface area contributed by atoms with Gasteiger partial charge in [0.05, 0.1) is 5.56 Å². The van der Waals surface area contributed by atoms with Crippen molar-refractivity contribution in [2.45, 2.75) is 13.5 Å². The summed E-state index contributed by atoms with van der Waals surface area (Å²) >= 11 is 12.2. The smallest absolute Gasteiger partial charge is 0.336 e. The normalized spacial score (nSPS) is 15.0. The summed E-state index contributed by atoms with van der Waals surface area (Å²) in [6, 6.07) is 9.02. The van der Waals surface area contributed by atoms with E-state index in [0.717, 1.165) is 16.5 Å². The van der Waals surface area contributed by atoms with E-state index in [1.807, 2.05) is 13.0 Å². The molecule has 2 aromatic carbocycles. The minimum atomic E-state index is -0.582. The van der Waals surface area contributed by atoms with Crippen molar-refractivity contribution in [3.05, 3.63) is 79.4 Å². The van der Waals surface area contributed by atoms with Gasteiger partial charge in [0, 0.05) is 54.2 Å². The van der Waals surface area contributed by atoms with Gasteiger partial charge in [-0.15, -0.1) is 0 Å². The molecule has 1 amide bonds. The number of aryl methyl sites for hydroxylation is 1. The van der Waals surface area contributed by atoms with Gasteiger partial charge in [-0.25, -0.2) is 9.18 Å². The third-order valence-corrected chi connectivity index (χ3v) is 5.96. The minimum absolute atomic E-state index is 0.0207. The molecule has 0 unspecified atom stereocenters. The SMILES string of the molecule is Cc1cc2oc(=O)cc(CN3CCN(C(=O)c4cc(Cl)ccc4F)CC3)c2cc1Cl. The maximum absolute atomic E-state index is 14.0. The maximum Gasteiger partial charge on any atom is 0.336 e. The molecule has 4 rings (SSSR count). The van der Waals surface area contributed by atoms with Crippen LogP contribution in [0.15, 0.2) is 45.6 Å². The topological polar surface area (TPSA) is 53.8 Å². The molecular weight excluding hydrogens is 430 g/mol. The summed E-state index contributed by atoms with van der Waals surface area (Å²) in [6.07, 6.45) is 0. The second-order valence-electron chi connectivity index (χ2n) is 7.38. The Morgan fingerprint density at radius 3 is 2.57 bits per heavy atom. The second-order valence-corrected chi connectivity index (χ2v) is 8.22. The second kappa shape index (κ2) is 8.38. The number of piperazine rings is 1. The number of hydrogen-bond acceptors (Lipinski definition) is 4. The maximum atomic E-state index is 14.0. The first-order valence-corrected chi connectivity index (χ1v) is 10.3. The molecule has 8 heteroatoms. The number of benzene rings is 2. The highest BCUT2D eigenvalue weighted by atomic mass is 35.5. The van der Waals surface area contributed by atoms with Crippen LogP contribution >= 0.6 is 23.2 Å². The predicted octanol–water partition coefficient (Wildman–Crippen LogP) is 4.51. The van der Waals surface area contributed by atoms with E-state index in [2.05, 4.69) is 4.90 Å². The lowest BCUT2D eigenvalue weighted by atomic mass is 10.1. The standard InChI is InChI=1S/C22H19Cl2FN2O3/c1-13-8-20-16(11-18(13)24)14(9-21(28)30-20)12-26-4-6-27(7-5-26)22(29)17-10-15(23)2-3-19(17)25/h2-3,8-11H,4-7,12H2,1H3. The van der Waals surface area contributed by atoms with Gasteiger partial charge >= 0.3 is 5.63 Å². The molecule has 0 atom stereocenters. The Kier molecular flexibility index (Phi) is 5.82. The van der Waals surface area contributed by atoms with Crippen molar-refractivity contribution in [1.29, 1.82) is 0 Å². The van der Waals surface area contributed by atoms with Crippen LogP contribution in [0.3, 0.4) is 0 Å². The molecule has 30 heavy (non-hydrogen) atoms. The van der Waals surface area contributed by atoms with E-state index in [1.54, 1.807) is 11.0 Å². The molecule has 5 nitrogen and oxygen atoms in total. The van der Waals surface area contributed by atoms with Crippen LogP contribution in [0.25, 0.3) is 11.0 Å². The Labute approximate surface area is 182 Å². The van der Waals surface area contributed by atoms with Gasteiger partial charge in [0.15, 0.2) is 0 Å². The molecule has 1 aliphatic rings. The van der Waals surface area contributed by atoms with Crippen molar-refractivity contribution < 1.29 is 13.6 Å². The summed E-state index contributed by atoms with van der Waals surface area (Å²) in [4.78, 5) is 28.4. The van der Waals surface area contributed by atoms with Crippen LogP contribution < -0.4 is 5.63 Å². The van der Waals surface area contributed by atoms with E-state index in [-0.39, 0.29) is 11.5 Å². The summed E-state index contributed by atoms with van der Waals surface area (Å²) in [6.45, 7) is 4.46. The number of carbonyl (C=O) groups excluding carboxylic acids is 1. The van der Waals surface area contributed by atoms with Crippen molar-refractivity contribution in [1.82, 2.24) is 9.80 Å². The zero-order chi connectivity index (χ0) is 21.4. The van der Waals surface area contributed by atoms with Gasteiger partial charge < -0.3 is 9.32 Å². The van der Waals surface area contributed by atoms with Crippen LogP contribution in [0.2, 0.25) is 10.0 Å². The molecule has 0 radical (unpaired) electrons. The molecule has 1 saturated heterocycles. The zero-order valence-corrected chi connectivity index (χ0v) is 17.8. The van der Waals surface area contributed by atoms with Crippen LogP contribution in [0.1, 0.15) is 21.5 Å². The first-order chi connectivity index (χ1) is 14.3. The third-order valence-electron chi connectivity index (χ3n) is 5.32. The van der Waals surface area contributed by atoms with E-state index >= 15 is 0 Å². The molecule has 0 aliphatic carbocycles. The summed E-state index contributed by atoms with van der Waals surface area (Å²) in [5, 5.41) is 1.73. The van der Waals surface area contributed by atoms with Gasteiger partial charge in [-0.3, -0.25) is 9.69 Å². The van der Waals surface area contributed by atoms with Gasteiger partial charge in [-0.05, 0) is 48.4 Å². The third kappa shape index (κ3) is 4.21. The summed E-state index contributed by atoms with van der Waals surface area (Å²) in [5.74, 6) is -0.954. The van der Waals surface area contributed by atoms with Crippen LogP contribution in [0.4, 0.5) is 4.39 Å². The number of halogens is 3. The highest BCUT2D eigenvalue weighted by Gasteiger charge is 2.25. The Hall–Kier alpha value is -2.41. The lowest BCUT2D eigenvalue weighted by Gasteiger charge is -2.35. The van der Waals surface area contributed by atoms with Gasteiger partial charge in [0.1, 0.15) is 11.4 Å². The van der Waals surface area contributed by atoms with E-state index in [1.165, 1.54) is 24.3 Å². The summed E-state index contributed by atoms with van der Waals surface area (Å²) in [5.41, 5.74) is 1.73. The molecule has 1 aromatic heterocycles. The van der Waals surface area contributed by atoms with E-state index in [9.17, 15) is 14.0 Å². The average molecular weight is 449 g/mol. The Morgan fingerprint density at radius 1 is 1.10 bits per heavy atom. The fourth-order valence-electron chi connectivity index (χ4n) is 3.66. The molecule has 3 aromatic rings. The van der Waals surface area contributed by atoms with Crippen molar-refractivity contribution in [2.24, 2.45) is 0 Å². The molecule has 0 saturated carbocycles. The van der Waals surface area contributed by atoms with Crippen molar-refractivity contribution in [3.63, 3.8) is 0 Å². The van der Waals surface area contributed by atoms with Crippen LogP contribution in [-0.2, 0) is 6.54 Å². The number of amides is 1. The lowest BCUT2D eigenvalue weighted by Crippen LogP contribution is -2.48. The van der Waals surface area contributed by atoms with Gasteiger partial charge in [-0.1, -0.05) is 23.2 Å². The Balaban J connectivity index is 1.49. The number of rotatable bonds is 3. The van der Waals surface area contributed by atoms with Crippen molar-refractivity contribution >= 4 is 40.1 Å². The van der Waals surface area contributed by atoms with Crippen LogP contribution in [-0.4, -0.2) is 41.9 Å². The molecule has 0 spiro atoms. The zero-order valence-electron chi connectivity index (χ0n) is 16.3. The molecular formula is C22H19Cl2FN2O3. The molecule has 1 fully saturated rings. The first-order valence-electron chi connectivity index (χ1n) is 9.51. The molecule has 0 bridgehead atoms. The van der Waals surface area contributed by atoms with Crippen LogP contribution in [0.5, 0.6) is 0 Å². The van der Waals surface area contributed by atoms with E-state index < -0.39 is 11.4 Å². The monoisotopic (exact) mass is 448 g/mol. The predicted molar refractivity (Wildman–Crippen MR) is 115 cm³/mol. The van der Waals surface area contributed by atoms with E-state index in [4.69, 9.17) is 27.6 Å². The van der Waals surface area contributed by atoms with Gasteiger partial charge in [-0.2, -0.15) is 0 Å². The number of nitrogens with zero attached hydrogens (tertiary/aromatic N) is 2. The molecule has 1 aliphatic heterocycles. The number of carbonyl (C=O) groups is 1. The minimum Gasteiger partial charge on any atom is -0.423 e. The fourth-order valence-corrected chi connectivity index (χ4v) is 4.00. The largest absolute Gasteiger partial charge is 0.423 e. The fraction of sp³-hybridized carbons (Fsp3) is 0.273. The lowest BCUT2D eigenvalue weighted by molar-refractivity contribution is 0.0624. The highest BCUT2D eigenvalue weighted by Crippen LogP contribution is 2.26. The van der Waals surface area contributed by atoms with E-state index in [0.29, 0.717) is 48.4 Å². The summed E-state index contributed by atoms with van der Waals surface area (Å²) < 4.78 is 19.3. The van der Waals surface area contributed by atoms with Crippen molar-refractivity contribution in [2.75, 3.05) is 26.2 Å². The Morgan fingerprint density at radius 2 is 1.83 bits per heavy atom. The van der Waals surface area contributed by atoms with Crippen molar-refractivity contribution in [3.8, 4) is 0 Å². The van der Waals surface area contributed by atoms with Crippen LogP contribution in [0, 0.1) is 12.7 Å². The summed E-state index contributed by atoms with van der Waals surface area (Å²) in [7, 11) is 0. The number of fused-ring (bicyclic) bond motifs is 1.